The first-order chi connectivity index (χ1) is 13.2. The fraction of sp³-hybridized carbons (Fsp3) is 0.579. The molecule has 6 nitrogen and oxygen atoms in total. The standard InChI is InChI=1S/C19H28F3N5O/c1-4-23-18(24-9-8-17(28)25(2)3)27-12-10-26(11-13-27)16-7-5-6-15(14-16)19(20,21)22/h5-7,14H,4,8-13H2,1-3H3,(H,23,24). The van der Waals surface area contributed by atoms with E-state index in [0.717, 1.165) is 12.0 Å². The summed E-state index contributed by atoms with van der Waals surface area (Å²) in [5.41, 5.74) is -0.0547. The molecule has 1 N–H and O–H groups in total. The van der Waals surface area contributed by atoms with Crippen LogP contribution in [0.2, 0.25) is 0 Å². The lowest BCUT2D eigenvalue weighted by Crippen LogP contribution is -2.52. The lowest BCUT2D eigenvalue weighted by Gasteiger charge is -2.38. The number of aliphatic imine (C=N–C) groups is 1. The zero-order valence-corrected chi connectivity index (χ0v) is 16.6. The summed E-state index contributed by atoms with van der Waals surface area (Å²) < 4.78 is 38.8. The molecule has 1 aromatic rings. The Kier molecular flexibility index (Phi) is 7.53. The molecule has 1 amide bonds. The zero-order valence-electron chi connectivity index (χ0n) is 16.6. The van der Waals surface area contributed by atoms with Crippen molar-refractivity contribution in [2.45, 2.75) is 19.5 Å². The minimum absolute atomic E-state index is 0.0222. The van der Waals surface area contributed by atoms with Gasteiger partial charge in [0.1, 0.15) is 0 Å². The van der Waals surface area contributed by atoms with E-state index in [0.29, 0.717) is 51.4 Å². The highest BCUT2D eigenvalue weighted by Gasteiger charge is 2.31. The van der Waals surface area contributed by atoms with Gasteiger partial charge < -0.3 is 20.0 Å². The number of nitrogens with zero attached hydrogens (tertiary/aromatic N) is 4. The molecule has 0 atom stereocenters. The van der Waals surface area contributed by atoms with Crippen molar-refractivity contribution in [2.75, 3.05) is 58.3 Å². The van der Waals surface area contributed by atoms with E-state index in [2.05, 4.69) is 15.2 Å². The van der Waals surface area contributed by atoms with Gasteiger partial charge in [-0.25, -0.2) is 0 Å². The number of rotatable bonds is 5. The van der Waals surface area contributed by atoms with Crippen molar-refractivity contribution in [1.82, 2.24) is 15.1 Å². The number of alkyl halides is 3. The molecular weight excluding hydrogens is 371 g/mol. The van der Waals surface area contributed by atoms with Gasteiger partial charge in [0.2, 0.25) is 5.91 Å². The number of hydrogen-bond donors (Lipinski definition) is 1. The summed E-state index contributed by atoms with van der Waals surface area (Å²) in [6.45, 7) is 5.55. The van der Waals surface area contributed by atoms with E-state index >= 15 is 0 Å². The Bertz CT molecular complexity index is 682. The maximum atomic E-state index is 12.9. The first-order valence-corrected chi connectivity index (χ1v) is 9.38. The molecule has 0 radical (unpaired) electrons. The fourth-order valence-corrected chi connectivity index (χ4v) is 2.96. The first-order valence-electron chi connectivity index (χ1n) is 9.38. The van der Waals surface area contributed by atoms with Crippen LogP contribution >= 0.6 is 0 Å². The van der Waals surface area contributed by atoms with Crippen LogP contribution in [-0.2, 0) is 11.0 Å². The van der Waals surface area contributed by atoms with Gasteiger partial charge in [-0.3, -0.25) is 9.79 Å². The lowest BCUT2D eigenvalue weighted by molar-refractivity contribution is -0.137. The van der Waals surface area contributed by atoms with E-state index in [1.165, 1.54) is 17.0 Å². The summed E-state index contributed by atoms with van der Waals surface area (Å²) in [5, 5.41) is 3.22. The van der Waals surface area contributed by atoms with Crippen molar-refractivity contribution in [3.8, 4) is 0 Å². The molecule has 0 spiro atoms. The topological polar surface area (TPSA) is 51.2 Å². The van der Waals surface area contributed by atoms with Crippen molar-refractivity contribution in [3.05, 3.63) is 29.8 Å². The second kappa shape index (κ2) is 9.66. The number of anilines is 1. The van der Waals surface area contributed by atoms with E-state index in [4.69, 9.17) is 0 Å². The normalized spacial score (nSPS) is 15.6. The van der Waals surface area contributed by atoms with Crippen molar-refractivity contribution in [3.63, 3.8) is 0 Å². The summed E-state index contributed by atoms with van der Waals surface area (Å²) in [5.74, 6) is 0.756. The van der Waals surface area contributed by atoms with Crippen LogP contribution in [0.4, 0.5) is 18.9 Å². The Balaban J connectivity index is 1.97. The van der Waals surface area contributed by atoms with Gasteiger partial charge >= 0.3 is 6.18 Å². The Morgan fingerprint density at radius 3 is 2.46 bits per heavy atom. The number of carbonyl (C=O) groups is 1. The third-order valence-corrected chi connectivity index (χ3v) is 4.54. The highest BCUT2D eigenvalue weighted by molar-refractivity contribution is 5.81. The van der Waals surface area contributed by atoms with E-state index in [-0.39, 0.29) is 5.91 Å². The van der Waals surface area contributed by atoms with Crippen LogP contribution in [0.25, 0.3) is 0 Å². The van der Waals surface area contributed by atoms with Gasteiger partial charge in [0.05, 0.1) is 12.1 Å². The van der Waals surface area contributed by atoms with Crippen molar-refractivity contribution >= 4 is 17.6 Å². The Morgan fingerprint density at radius 2 is 1.89 bits per heavy atom. The molecule has 0 unspecified atom stereocenters. The van der Waals surface area contributed by atoms with Gasteiger partial charge in [-0.2, -0.15) is 13.2 Å². The number of nitrogens with one attached hydrogen (secondary N) is 1. The summed E-state index contributed by atoms with van der Waals surface area (Å²) >= 11 is 0. The molecule has 9 heteroatoms. The monoisotopic (exact) mass is 399 g/mol. The average molecular weight is 399 g/mol. The number of piperazine rings is 1. The minimum Gasteiger partial charge on any atom is -0.368 e. The SMILES string of the molecule is CCNC(=NCCC(=O)N(C)C)N1CCN(c2cccc(C(F)(F)F)c2)CC1. The number of guanidine groups is 1. The third kappa shape index (κ3) is 6.03. The number of amides is 1. The van der Waals surface area contributed by atoms with Crippen LogP contribution in [-0.4, -0.2) is 75.0 Å². The van der Waals surface area contributed by atoms with Gasteiger partial charge in [-0.15, -0.1) is 0 Å². The maximum absolute atomic E-state index is 12.9. The van der Waals surface area contributed by atoms with Gasteiger partial charge in [0.15, 0.2) is 5.96 Å². The van der Waals surface area contributed by atoms with Crippen LogP contribution in [0.5, 0.6) is 0 Å². The molecule has 156 valence electrons. The Hall–Kier alpha value is -2.45. The molecule has 28 heavy (non-hydrogen) atoms. The maximum Gasteiger partial charge on any atom is 0.416 e. The lowest BCUT2D eigenvalue weighted by atomic mass is 10.1. The molecule has 1 aliphatic heterocycles. The molecule has 0 bridgehead atoms. The van der Waals surface area contributed by atoms with Crippen molar-refractivity contribution in [2.24, 2.45) is 4.99 Å². The summed E-state index contributed by atoms with van der Waals surface area (Å²) in [6, 6.07) is 5.43. The van der Waals surface area contributed by atoms with Crippen molar-refractivity contribution in [1.29, 1.82) is 0 Å². The average Bonchev–Trinajstić information content (AvgIpc) is 2.66. The second-order valence-electron chi connectivity index (χ2n) is 6.80. The Morgan fingerprint density at radius 1 is 1.21 bits per heavy atom. The van der Waals surface area contributed by atoms with Gasteiger partial charge in [-0.1, -0.05) is 6.07 Å². The van der Waals surface area contributed by atoms with Crippen LogP contribution < -0.4 is 10.2 Å². The predicted molar refractivity (Wildman–Crippen MR) is 105 cm³/mol. The Labute approximate surface area is 164 Å². The summed E-state index contributed by atoms with van der Waals surface area (Å²) in [4.78, 5) is 21.8. The number of hydrogen-bond acceptors (Lipinski definition) is 3. The summed E-state index contributed by atoms with van der Waals surface area (Å²) in [7, 11) is 3.43. The fourth-order valence-electron chi connectivity index (χ4n) is 2.96. The molecule has 0 aliphatic carbocycles. The molecule has 2 rings (SSSR count). The smallest absolute Gasteiger partial charge is 0.368 e. The predicted octanol–water partition coefficient (Wildman–Crippen LogP) is 2.27. The van der Waals surface area contributed by atoms with Gasteiger partial charge in [0, 0.05) is 58.9 Å². The van der Waals surface area contributed by atoms with E-state index in [9.17, 15) is 18.0 Å². The molecule has 0 aromatic heterocycles. The number of carbonyl (C=O) groups excluding carboxylic acids is 1. The largest absolute Gasteiger partial charge is 0.416 e. The van der Waals surface area contributed by atoms with E-state index in [1.807, 2.05) is 11.8 Å². The highest BCUT2D eigenvalue weighted by atomic mass is 19.4. The second-order valence-corrected chi connectivity index (χ2v) is 6.80. The van der Waals surface area contributed by atoms with Crippen LogP contribution in [0.1, 0.15) is 18.9 Å². The first kappa shape index (κ1) is 21.8. The van der Waals surface area contributed by atoms with Crippen molar-refractivity contribution < 1.29 is 18.0 Å². The van der Waals surface area contributed by atoms with Crippen LogP contribution in [0.15, 0.2) is 29.3 Å². The zero-order chi connectivity index (χ0) is 20.7. The highest BCUT2D eigenvalue weighted by Crippen LogP contribution is 2.31. The van der Waals surface area contributed by atoms with Gasteiger partial charge in [-0.05, 0) is 25.1 Å². The summed E-state index contributed by atoms with van der Waals surface area (Å²) in [6.07, 6.45) is -4.00. The molecular formula is C19H28F3N5O. The van der Waals surface area contributed by atoms with E-state index in [1.54, 1.807) is 20.2 Å². The van der Waals surface area contributed by atoms with E-state index < -0.39 is 11.7 Å². The number of halogens is 3. The van der Waals surface area contributed by atoms with Crippen LogP contribution in [0, 0.1) is 0 Å². The van der Waals surface area contributed by atoms with Gasteiger partial charge in [0.25, 0.3) is 0 Å². The molecule has 1 saturated heterocycles. The molecule has 0 saturated carbocycles. The minimum atomic E-state index is -4.34. The van der Waals surface area contributed by atoms with Crippen LogP contribution in [0.3, 0.4) is 0 Å². The quantitative estimate of drug-likeness (QED) is 0.610. The molecule has 1 aromatic carbocycles. The third-order valence-electron chi connectivity index (χ3n) is 4.54. The molecule has 1 heterocycles. The molecule has 1 aliphatic rings. The number of benzene rings is 1. The molecule has 1 fully saturated rings.